The molecule has 0 aromatic rings. The van der Waals surface area contributed by atoms with E-state index in [0.717, 1.165) is 19.1 Å². The normalized spacial score (nSPS) is 35.7. The van der Waals surface area contributed by atoms with Gasteiger partial charge in [-0.25, -0.2) is 0 Å². The van der Waals surface area contributed by atoms with E-state index < -0.39 is 0 Å². The molecule has 1 heterocycles. The summed E-state index contributed by atoms with van der Waals surface area (Å²) in [4.78, 5) is 2.78. The van der Waals surface area contributed by atoms with Crippen molar-refractivity contribution in [3.8, 4) is 0 Å². The molecule has 0 radical (unpaired) electrons. The van der Waals surface area contributed by atoms with E-state index in [-0.39, 0.29) is 0 Å². The van der Waals surface area contributed by atoms with Gasteiger partial charge in [-0.15, -0.1) is 0 Å². The summed E-state index contributed by atoms with van der Waals surface area (Å²) < 4.78 is 5.36. The lowest BCUT2D eigenvalue weighted by molar-refractivity contribution is -0.0321. The Kier molecular flexibility index (Phi) is 3.89. The van der Waals surface area contributed by atoms with Gasteiger partial charge in [0.1, 0.15) is 0 Å². The van der Waals surface area contributed by atoms with E-state index in [1.807, 2.05) is 7.11 Å². The van der Waals surface area contributed by atoms with Crippen LogP contribution in [0.4, 0.5) is 0 Å². The summed E-state index contributed by atoms with van der Waals surface area (Å²) in [6, 6.07) is 0. The average Bonchev–Trinajstić information content (AvgIpc) is 3.26. The minimum atomic E-state index is 0.358. The Morgan fingerprint density at radius 3 is 2.58 bits per heavy atom. The lowest BCUT2D eigenvalue weighted by Gasteiger charge is -2.55. The highest BCUT2D eigenvalue weighted by Gasteiger charge is 2.50. The van der Waals surface area contributed by atoms with E-state index in [4.69, 9.17) is 4.74 Å². The maximum atomic E-state index is 5.36. The summed E-state index contributed by atoms with van der Waals surface area (Å²) >= 11 is 0. The van der Waals surface area contributed by atoms with Crippen LogP contribution in [0.15, 0.2) is 0 Å². The van der Waals surface area contributed by atoms with Crippen LogP contribution in [0, 0.1) is 5.92 Å². The van der Waals surface area contributed by atoms with Gasteiger partial charge in [0.2, 0.25) is 0 Å². The van der Waals surface area contributed by atoms with Crippen LogP contribution in [0.2, 0.25) is 0 Å². The quantitative estimate of drug-likeness (QED) is 0.846. The number of methoxy groups -OCH3 is 1. The van der Waals surface area contributed by atoms with Crippen molar-refractivity contribution < 1.29 is 4.74 Å². The van der Waals surface area contributed by atoms with Gasteiger partial charge >= 0.3 is 0 Å². The molecule has 3 fully saturated rings. The van der Waals surface area contributed by atoms with E-state index in [0.29, 0.717) is 11.1 Å². The van der Waals surface area contributed by atoms with Crippen LogP contribution in [0.1, 0.15) is 51.9 Å². The summed E-state index contributed by atoms with van der Waals surface area (Å²) in [6.45, 7) is 6.86. The van der Waals surface area contributed by atoms with Crippen LogP contribution >= 0.6 is 0 Å². The third-order valence-electron chi connectivity index (χ3n) is 5.84. The van der Waals surface area contributed by atoms with Crippen LogP contribution in [0.3, 0.4) is 0 Å². The molecular formula is C16H30N2O. The molecule has 1 aliphatic heterocycles. The lowest BCUT2D eigenvalue weighted by atomic mass is 9.76. The van der Waals surface area contributed by atoms with Gasteiger partial charge in [-0.3, -0.25) is 4.90 Å². The topological polar surface area (TPSA) is 24.5 Å². The Labute approximate surface area is 118 Å². The smallest absolute Gasteiger partial charge is 0.0589 e. The molecule has 0 amide bonds. The predicted octanol–water partition coefficient (Wildman–Crippen LogP) is 2.41. The van der Waals surface area contributed by atoms with Gasteiger partial charge in [-0.2, -0.15) is 0 Å². The maximum Gasteiger partial charge on any atom is 0.0589 e. The fourth-order valence-electron chi connectivity index (χ4n) is 4.31. The van der Waals surface area contributed by atoms with E-state index in [1.165, 1.54) is 58.0 Å². The number of nitrogens with one attached hydrogen (secondary N) is 1. The van der Waals surface area contributed by atoms with Gasteiger partial charge in [0.25, 0.3) is 0 Å². The molecule has 0 aromatic carbocycles. The number of ether oxygens (including phenoxy) is 1. The first-order valence-electron chi connectivity index (χ1n) is 8.18. The van der Waals surface area contributed by atoms with Crippen molar-refractivity contribution in [2.75, 3.05) is 33.4 Å². The molecular weight excluding hydrogens is 236 g/mol. The van der Waals surface area contributed by atoms with Gasteiger partial charge in [-0.1, -0.05) is 19.3 Å². The highest BCUT2D eigenvalue weighted by atomic mass is 16.5. The molecule has 1 unspecified atom stereocenters. The number of piperazine rings is 1. The average molecular weight is 266 g/mol. The van der Waals surface area contributed by atoms with Crippen LogP contribution < -0.4 is 5.32 Å². The Morgan fingerprint density at radius 1 is 1.21 bits per heavy atom. The SMILES string of the molecule is COCCN1CC(C)(C2CC2)NCC12CCCCC2. The first-order chi connectivity index (χ1) is 9.19. The molecule has 110 valence electrons. The van der Waals surface area contributed by atoms with E-state index in [2.05, 4.69) is 17.1 Å². The van der Waals surface area contributed by atoms with Gasteiger partial charge in [0.05, 0.1) is 6.61 Å². The fraction of sp³-hybridized carbons (Fsp3) is 1.00. The van der Waals surface area contributed by atoms with Crippen LogP contribution in [0.5, 0.6) is 0 Å². The van der Waals surface area contributed by atoms with E-state index >= 15 is 0 Å². The minimum absolute atomic E-state index is 0.358. The second-order valence-electron chi connectivity index (χ2n) is 7.24. The Bertz CT molecular complexity index is 310. The highest BCUT2D eigenvalue weighted by molar-refractivity contribution is 5.09. The van der Waals surface area contributed by atoms with E-state index in [9.17, 15) is 0 Å². The largest absolute Gasteiger partial charge is 0.383 e. The highest BCUT2D eigenvalue weighted by Crippen LogP contribution is 2.45. The second kappa shape index (κ2) is 5.34. The minimum Gasteiger partial charge on any atom is -0.383 e. The summed E-state index contributed by atoms with van der Waals surface area (Å²) in [5.41, 5.74) is 0.793. The molecule has 1 atom stereocenters. The Morgan fingerprint density at radius 2 is 1.95 bits per heavy atom. The van der Waals surface area contributed by atoms with Crippen molar-refractivity contribution in [3.05, 3.63) is 0 Å². The molecule has 0 bridgehead atoms. The Balaban J connectivity index is 1.72. The van der Waals surface area contributed by atoms with Crippen LogP contribution in [-0.4, -0.2) is 49.3 Å². The molecule has 19 heavy (non-hydrogen) atoms. The number of hydrogen-bond acceptors (Lipinski definition) is 3. The number of rotatable bonds is 4. The third-order valence-corrected chi connectivity index (χ3v) is 5.84. The van der Waals surface area contributed by atoms with Crippen molar-refractivity contribution in [2.45, 2.75) is 62.9 Å². The summed E-state index contributed by atoms with van der Waals surface area (Å²) in [7, 11) is 1.83. The fourth-order valence-corrected chi connectivity index (χ4v) is 4.31. The molecule has 1 spiro atoms. The first-order valence-corrected chi connectivity index (χ1v) is 8.18. The van der Waals surface area contributed by atoms with Crippen LogP contribution in [0.25, 0.3) is 0 Å². The van der Waals surface area contributed by atoms with Gasteiger partial charge in [-0.05, 0) is 38.5 Å². The third kappa shape index (κ3) is 2.70. The van der Waals surface area contributed by atoms with Crippen LogP contribution in [-0.2, 0) is 4.74 Å². The second-order valence-corrected chi connectivity index (χ2v) is 7.24. The molecule has 2 saturated carbocycles. The lowest BCUT2D eigenvalue weighted by Crippen LogP contribution is -2.70. The summed E-state index contributed by atoms with van der Waals surface area (Å²) in [5, 5.41) is 3.94. The van der Waals surface area contributed by atoms with Crippen molar-refractivity contribution in [1.29, 1.82) is 0 Å². The number of hydrogen-bond donors (Lipinski definition) is 1. The zero-order chi connectivity index (χ0) is 13.3. The Hall–Kier alpha value is -0.120. The predicted molar refractivity (Wildman–Crippen MR) is 78.4 cm³/mol. The monoisotopic (exact) mass is 266 g/mol. The van der Waals surface area contributed by atoms with Crippen molar-refractivity contribution in [2.24, 2.45) is 5.92 Å². The summed E-state index contributed by atoms with van der Waals surface area (Å²) in [6.07, 6.45) is 9.86. The van der Waals surface area contributed by atoms with Crippen molar-refractivity contribution in [1.82, 2.24) is 10.2 Å². The zero-order valence-corrected chi connectivity index (χ0v) is 12.7. The zero-order valence-electron chi connectivity index (χ0n) is 12.7. The number of nitrogens with zero attached hydrogens (tertiary/aromatic N) is 1. The first kappa shape index (κ1) is 13.8. The molecule has 2 aliphatic carbocycles. The maximum absolute atomic E-state index is 5.36. The molecule has 3 heteroatoms. The molecule has 1 N–H and O–H groups in total. The molecule has 3 rings (SSSR count). The standard InChI is InChI=1S/C16H30N2O/c1-15(14-6-7-14)13-18(10-11-19-2)16(12-17-15)8-4-3-5-9-16/h14,17H,3-13H2,1-2H3. The molecule has 1 saturated heterocycles. The van der Waals surface area contributed by atoms with Crippen molar-refractivity contribution >= 4 is 0 Å². The molecule has 0 aromatic heterocycles. The van der Waals surface area contributed by atoms with Gasteiger partial charge in [0.15, 0.2) is 0 Å². The molecule has 3 aliphatic rings. The van der Waals surface area contributed by atoms with Gasteiger partial charge in [0, 0.05) is 37.8 Å². The summed E-state index contributed by atoms with van der Waals surface area (Å²) in [5.74, 6) is 0.915. The van der Waals surface area contributed by atoms with Crippen molar-refractivity contribution in [3.63, 3.8) is 0 Å². The van der Waals surface area contributed by atoms with Gasteiger partial charge < -0.3 is 10.1 Å². The van der Waals surface area contributed by atoms with E-state index in [1.54, 1.807) is 0 Å². The molecule has 3 nitrogen and oxygen atoms in total.